The number of nitrogens with one attached hydrogen (secondary N) is 1. The normalized spacial score (nSPS) is 12.5. The van der Waals surface area contributed by atoms with Gasteiger partial charge in [0, 0.05) is 0 Å². The smallest absolute Gasteiger partial charge is 0.236 e. The molecule has 1 amide bonds. The minimum absolute atomic E-state index is 0.196. The Balaban J connectivity index is 2.32. The second-order valence-corrected chi connectivity index (χ2v) is 2.49. The molecule has 0 saturated heterocycles. The van der Waals surface area contributed by atoms with Gasteiger partial charge in [-0.3, -0.25) is 4.79 Å². The molecule has 0 fully saturated rings. The van der Waals surface area contributed by atoms with E-state index < -0.39 is 6.04 Å². The van der Waals surface area contributed by atoms with Crippen molar-refractivity contribution in [3.8, 4) is 0 Å². The van der Waals surface area contributed by atoms with E-state index in [9.17, 15) is 4.79 Å². The maximum atomic E-state index is 10.9. The number of nitrogens with two attached hydrogens (primary N) is 1. The molecule has 1 aromatic heterocycles. The molecular formula is C7H11N3O2. The highest BCUT2D eigenvalue weighted by atomic mass is 16.3. The van der Waals surface area contributed by atoms with E-state index in [-0.39, 0.29) is 5.91 Å². The molecule has 1 heterocycles. The average Bonchev–Trinajstić information content (AvgIpc) is 2.51. The number of amides is 1. The van der Waals surface area contributed by atoms with Gasteiger partial charge in [0.1, 0.15) is 6.26 Å². The van der Waals surface area contributed by atoms with Crippen molar-refractivity contribution in [3.63, 3.8) is 0 Å². The first-order chi connectivity index (χ1) is 5.70. The van der Waals surface area contributed by atoms with Gasteiger partial charge in [0.25, 0.3) is 0 Å². The van der Waals surface area contributed by atoms with Crippen LogP contribution in [0.15, 0.2) is 17.1 Å². The predicted molar refractivity (Wildman–Crippen MR) is 42.0 cm³/mol. The highest BCUT2D eigenvalue weighted by Crippen LogP contribution is 1.92. The van der Waals surface area contributed by atoms with E-state index in [0.29, 0.717) is 12.2 Å². The summed E-state index contributed by atoms with van der Waals surface area (Å²) in [7, 11) is 0. The van der Waals surface area contributed by atoms with E-state index in [1.165, 1.54) is 12.7 Å². The average molecular weight is 169 g/mol. The first-order valence-electron chi connectivity index (χ1n) is 3.60. The Bertz CT molecular complexity index is 243. The van der Waals surface area contributed by atoms with Crippen LogP contribution in [0.25, 0.3) is 0 Å². The zero-order valence-corrected chi connectivity index (χ0v) is 6.78. The summed E-state index contributed by atoms with van der Waals surface area (Å²) in [6.07, 6.45) is 2.79. The van der Waals surface area contributed by atoms with Gasteiger partial charge >= 0.3 is 0 Å². The summed E-state index contributed by atoms with van der Waals surface area (Å²) in [6, 6.07) is -0.489. The molecule has 66 valence electrons. The zero-order valence-electron chi connectivity index (χ0n) is 6.78. The molecule has 0 aliphatic carbocycles. The minimum atomic E-state index is -0.489. The molecule has 0 spiro atoms. The third-order valence-electron chi connectivity index (χ3n) is 1.34. The Morgan fingerprint density at radius 3 is 3.17 bits per heavy atom. The Kier molecular flexibility index (Phi) is 2.82. The predicted octanol–water partition coefficient (Wildman–Crippen LogP) is -0.362. The quantitative estimate of drug-likeness (QED) is 0.647. The van der Waals surface area contributed by atoms with E-state index in [4.69, 9.17) is 10.2 Å². The van der Waals surface area contributed by atoms with Gasteiger partial charge in [0.15, 0.2) is 6.39 Å². The van der Waals surface area contributed by atoms with Crippen LogP contribution in [0.4, 0.5) is 0 Å². The molecule has 0 aromatic carbocycles. The van der Waals surface area contributed by atoms with Crippen LogP contribution in [-0.4, -0.2) is 16.9 Å². The van der Waals surface area contributed by atoms with Crippen molar-refractivity contribution in [3.05, 3.63) is 18.4 Å². The molecule has 5 heteroatoms. The zero-order chi connectivity index (χ0) is 8.97. The van der Waals surface area contributed by atoms with Crippen LogP contribution in [0.2, 0.25) is 0 Å². The second kappa shape index (κ2) is 3.87. The topological polar surface area (TPSA) is 81.2 Å². The van der Waals surface area contributed by atoms with Crippen LogP contribution in [0.5, 0.6) is 0 Å². The maximum absolute atomic E-state index is 10.9. The van der Waals surface area contributed by atoms with Crippen LogP contribution in [0.3, 0.4) is 0 Å². The van der Waals surface area contributed by atoms with Crippen molar-refractivity contribution in [1.82, 2.24) is 10.3 Å². The molecule has 1 aromatic rings. The fourth-order valence-corrected chi connectivity index (χ4v) is 0.663. The van der Waals surface area contributed by atoms with Crippen LogP contribution < -0.4 is 11.1 Å². The van der Waals surface area contributed by atoms with Crippen LogP contribution in [0.1, 0.15) is 12.6 Å². The third kappa shape index (κ3) is 2.35. The number of rotatable bonds is 3. The van der Waals surface area contributed by atoms with Gasteiger partial charge in [0.05, 0.1) is 18.3 Å². The number of hydrogen-bond donors (Lipinski definition) is 2. The van der Waals surface area contributed by atoms with Crippen molar-refractivity contribution < 1.29 is 9.21 Å². The van der Waals surface area contributed by atoms with Crippen molar-refractivity contribution in [2.45, 2.75) is 19.5 Å². The van der Waals surface area contributed by atoms with E-state index in [0.717, 1.165) is 0 Å². The van der Waals surface area contributed by atoms with E-state index in [1.807, 2.05) is 0 Å². The Hall–Kier alpha value is -1.36. The van der Waals surface area contributed by atoms with Gasteiger partial charge in [-0.25, -0.2) is 4.98 Å². The summed E-state index contributed by atoms with van der Waals surface area (Å²) >= 11 is 0. The molecule has 0 aliphatic heterocycles. The highest BCUT2D eigenvalue weighted by Gasteiger charge is 2.06. The molecule has 0 aliphatic rings. The van der Waals surface area contributed by atoms with Crippen LogP contribution >= 0.6 is 0 Å². The summed E-state index contributed by atoms with van der Waals surface area (Å²) in [4.78, 5) is 14.8. The molecule has 0 bridgehead atoms. The van der Waals surface area contributed by atoms with Crippen molar-refractivity contribution >= 4 is 5.91 Å². The highest BCUT2D eigenvalue weighted by molar-refractivity contribution is 5.80. The van der Waals surface area contributed by atoms with Crippen molar-refractivity contribution in [1.29, 1.82) is 0 Å². The van der Waals surface area contributed by atoms with E-state index >= 15 is 0 Å². The number of carbonyl (C=O) groups is 1. The third-order valence-corrected chi connectivity index (χ3v) is 1.34. The molecule has 1 rings (SSSR count). The summed E-state index contributed by atoms with van der Waals surface area (Å²) in [6.45, 7) is 1.98. The van der Waals surface area contributed by atoms with Crippen LogP contribution in [0, 0.1) is 0 Å². The fraction of sp³-hybridized carbons (Fsp3) is 0.429. The molecule has 1 atom stereocenters. The van der Waals surface area contributed by atoms with Crippen molar-refractivity contribution in [2.75, 3.05) is 0 Å². The fourth-order valence-electron chi connectivity index (χ4n) is 0.663. The van der Waals surface area contributed by atoms with Gasteiger partial charge in [-0.2, -0.15) is 0 Å². The van der Waals surface area contributed by atoms with E-state index in [2.05, 4.69) is 10.3 Å². The van der Waals surface area contributed by atoms with Gasteiger partial charge in [-0.1, -0.05) is 0 Å². The first-order valence-corrected chi connectivity index (χ1v) is 3.60. The van der Waals surface area contributed by atoms with Gasteiger partial charge in [-0.15, -0.1) is 0 Å². The molecule has 1 unspecified atom stereocenters. The summed E-state index contributed by atoms with van der Waals surface area (Å²) in [5.74, 6) is -0.196. The van der Waals surface area contributed by atoms with E-state index in [1.54, 1.807) is 6.92 Å². The van der Waals surface area contributed by atoms with Gasteiger partial charge in [-0.05, 0) is 6.92 Å². The molecule has 3 N–H and O–H groups in total. The lowest BCUT2D eigenvalue weighted by Gasteiger charge is -2.04. The molecule has 0 radical (unpaired) electrons. The Morgan fingerprint density at radius 2 is 2.67 bits per heavy atom. The van der Waals surface area contributed by atoms with Crippen LogP contribution in [-0.2, 0) is 11.3 Å². The monoisotopic (exact) mass is 169 g/mol. The number of nitrogens with zero attached hydrogens (tertiary/aromatic N) is 1. The first kappa shape index (κ1) is 8.73. The number of aromatic nitrogens is 1. The number of oxazole rings is 1. The molecule has 12 heavy (non-hydrogen) atoms. The maximum Gasteiger partial charge on any atom is 0.236 e. The lowest BCUT2D eigenvalue weighted by Crippen LogP contribution is -2.37. The van der Waals surface area contributed by atoms with Gasteiger partial charge < -0.3 is 15.5 Å². The van der Waals surface area contributed by atoms with Gasteiger partial charge in [0.2, 0.25) is 5.91 Å². The minimum Gasteiger partial charge on any atom is -0.451 e. The lowest BCUT2D eigenvalue weighted by molar-refractivity contribution is -0.122. The number of carbonyl (C=O) groups excluding carboxylic acids is 1. The largest absolute Gasteiger partial charge is 0.451 e. The second-order valence-electron chi connectivity index (χ2n) is 2.49. The number of hydrogen-bond acceptors (Lipinski definition) is 4. The summed E-state index contributed by atoms with van der Waals surface area (Å²) in [5, 5.41) is 2.60. The SMILES string of the molecule is CC(N)C(=O)NCc1cocn1. The lowest BCUT2D eigenvalue weighted by atomic mass is 10.3. The Labute approximate surface area is 70.0 Å². The summed E-state index contributed by atoms with van der Waals surface area (Å²) < 4.78 is 4.71. The molecule has 5 nitrogen and oxygen atoms in total. The molecule has 0 saturated carbocycles. The van der Waals surface area contributed by atoms with Crippen molar-refractivity contribution in [2.24, 2.45) is 5.73 Å². The Morgan fingerprint density at radius 1 is 1.92 bits per heavy atom. The molecular weight excluding hydrogens is 158 g/mol. The standard InChI is InChI=1S/C7H11N3O2/c1-5(8)7(11)9-2-6-3-12-4-10-6/h3-5H,2,8H2,1H3,(H,9,11). The summed E-state index contributed by atoms with van der Waals surface area (Å²) in [5.41, 5.74) is 6.00.